The van der Waals surface area contributed by atoms with E-state index < -0.39 is 0 Å². The second-order valence-corrected chi connectivity index (χ2v) is 6.72. The summed E-state index contributed by atoms with van der Waals surface area (Å²) in [6.45, 7) is 8.57. The van der Waals surface area contributed by atoms with Crippen molar-refractivity contribution in [2.75, 3.05) is 18.8 Å². The monoisotopic (exact) mass is 324 g/mol. The standard InChI is InChI=1S/C16H28N4OS/c1-4-19(5-2)14(21)12-22-16-18-17-15(20(16)6-3)13-10-8-7-9-11-13/h13H,4-12H2,1-3H3. The van der Waals surface area contributed by atoms with Crippen LogP contribution in [-0.2, 0) is 11.3 Å². The number of nitrogens with zero attached hydrogens (tertiary/aromatic N) is 4. The summed E-state index contributed by atoms with van der Waals surface area (Å²) in [7, 11) is 0. The van der Waals surface area contributed by atoms with E-state index in [0.29, 0.717) is 11.7 Å². The van der Waals surface area contributed by atoms with Crippen molar-refractivity contribution in [3.05, 3.63) is 5.82 Å². The first-order chi connectivity index (χ1) is 10.7. The Kier molecular flexibility index (Phi) is 6.73. The van der Waals surface area contributed by atoms with Crippen LogP contribution >= 0.6 is 11.8 Å². The molecule has 0 saturated heterocycles. The fraction of sp³-hybridized carbons (Fsp3) is 0.812. The summed E-state index contributed by atoms with van der Waals surface area (Å²) in [5.74, 6) is 2.30. The molecule has 0 atom stereocenters. The molecule has 2 rings (SSSR count). The molecular weight excluding hydrogens is 296 g/mol. The number of thioether (sulfide) groups is 1. The number of hydrogen-bond donors (Lipinski definition) is 0. The van der Waals surface area contributed by atoms with Gasteiger partial charge in [0.25, 0.3) is 0 Å². The van der Waals surface area contributed by atoms with Crippen LogP contribution in [0.2, 0.25) is 0 Å². The fourth-order valence-corrected chi connectivity index (χ4v) is 4.07. The van der Waals surface area contributed by atoms with Gasteiger partial charge in [0, 0.05) is 25.6 Å². The Morgan fingerprint density at radius 1 is 1.18 bits per heavy atom. The quantitative estimate of drug-likeness (QED) is 0.722. The second kappa shape index (κ2) is 8.56. The molecule has 1 saturated carbocycles. The summed E-state index contributed by atoms with van der Waals surface area (Å²) in [4.78, 5) is 14.0. The highest BCUT2D eigenvalue weighted by Gasteiger charge is 2.23. The van der Waals surface area contributed by atoms with Crippen LogP contribution in [0.3, 0.4) is 0 Å². The minimum atomic E-state index is 0.180. The zero-order chi connectivity index (χ0) is 15.9. The average Bonchev–Trinajstić information content (AvgIpc) is 2.97. The Hall–Kier alpha value is -1.04. The summed E-state index contributed by atoms with van der Waals surface area (Å²) >= 11 is 1.52. The lowest BCUT2D eigenvalue weighted by molar-refractivity contribution is -0.127. The zero-order valence-corrected chi connectivity index (χ0v) is 14.9. The van der Waals surface area contributed by atoms with Gasteiger partial charge in [-0.05, 0) is 33.6 Å². The molecule has 6 heteroatoms. The van der Waals surface area contributed by atoms with Gasteiger partial charge in [-0.1, -0.05) is 31.0 Å². The number of carbonyl (C=O) groups is 1. The lowest BCUT2D eigenvalue weighted by Gasteiger charge is -2.21. The van der Waals surface area contributed by atoms with Gasteiger partial charge >= 0.3 is 0 Å². The molecule has 0 unspecified atom stereocenters. The van der Waals surface area contributed by atoms with Gasteiger partial charge in [-0.2, -0.15) is 0 Å². The molecular formula is C16H28N4OS. The average molecular weight is 324 g/mol. The normalized spacial score (nSPS) is 16.0. The molecule has 0 bridgehead atoms. The maximum atomic E-state index is 12.1. The molecule has 0 spiro atoms. The largest absolute Gasteiger partial charge is 0.343 e. The van der Waals surface area contributed by atoms with E-state index in [4.69, 9.17) is 0 Å². The van der Waals surface area contributed by atoms with Crippen LogP contribution in [-0.4, -0.2) is 44.4 Å². The van der Waals surface area contributed by atoms with E-state index in [0.717, 1.165) is 30.6 Å². The Morgan fingerprint density at radius 3 is 2.45 bits per heavy atom. The minimum absolute atomic E-state index is 0.180. The minimum Gasteiger partial charge on any atom is -0.343 e. The van der Waals surface area contributed by atoms with Crippen LogP contribution in [0.5, 0.6) is 0 Å². The molecule has 1 aliphatic carbocycles. The lowest BCUT2D eigenvalue weighted by atomic mass is 9.89. The van der Waals surface area contributed by atoms with Crippen molar-refractivity contribution in [1.29, 1.82) is 0 Å². The molecule has 0 N–H and O–H groups in total. The van der Waals surface area contributed by atoms with Gasteiger partial charge in [0.1, 0.15) is 5.82 Å². The van der Waals surface area contributed by atoms with E-state index >= 15 is 0 Å². The van der Waals surface area contributed by atoms with Crippen LogP contribution in [0.15, 0.2) is 5.16 Å². The number of rotatable bonds is 7. The zero-order valence-electron chi connectivity index (χ0n) is 14.0. The third-order valence-electron chi connectivity index (χ3n) is 4.47. The molecule has 0 aliphatic heterocycles. The number of carbonyl (C=O) groups excluding carboxylic acids is 1. The molecule has 1 aliphatic rings. The summed E-state index contributed by atoms with van der Waals surface area (Å²) in [6, 6.07) is 0. The molecule has 124 valence electrons. The van der Waals surface area contributed by atoms with Gasteiger partial charge in [-0.25, -0.2) is 0 Å². The molecule has 1 aromatic rings. The van der Waals surface area contributed by atoms with Gasteiger partial charge in [0.2, 0.25) is 5.91 Å². The summed E-state index contributed by atoms with van der Waals surface area (Å²) in [6.07, 6.45) is 6.38. The van der Waals surface area contributed by atoms with E-state index in [9.17, 15) is 4.79 Å². The van der Waals surface area contributed by atoms with E-state index in [2.05, 4.69) is 21.7 Å². The van der Waals surface area contributed by atoms with Crippen molar-refractivity contribution in [2.24, 2.45) is 0 Å². The molecule has 5 nitrogen and oxygen atoms in total. The van der Waals surface area contributed by atoms with Crippen molar-refractivity contribution in [3.8, 4) is 0 Å². The SMILES string of the molecule is CCN(CC)C(=O)CSc1nnc(C2CCCCC2)n1CC. The molecule has 0 aromatic carbocycles. The number of aromatic nitrogens is 3. The van der Waals surface area contributed by atoms with Gasteiger partial charge in [0.15, 0.2) is 5.16 Å². The Balaban J connectivity index is 2.02. The number of hydrogen-bond acceptors (Lipinski definition) is 4. The maximum Gasteiger partial charge on any atom is 0.233 e. The predicted molar refractivity (Wildman–Crippen MR) is 90.2 cm³/mol. The van der Waals surface area contributed by atoms with Gasteiger partial charge in [-0.3, -0.25) is 4.79 Å². The van der Waals surface area contributed by atoms with Crippen LogP contribution in [0.4, 0.5) is 0 Å². The van der Waals surface area contributed by atoms with Crippen molar-refractivity contribution < 1.29 is 4.79 Å². The molecule has 1 aromatic heterocycles. The highest BCUT2D eigenvalue weighted by atomic mass is 32.2. The fourth-order valence-electron chi connectivity index (χ4n) is 3.16. The Labute approximate surface area is 137 Å². The van der Waals surface area contributed by atoms with Crippen molar-refractivity contribution >= 4 is 17.7 Å². The molecule has 1 heterocycles. The molecule has 22 heavy (non-hydrogen) atoms. The maximum absolute atomic E-state index is 12.1. The van der Waals surface area contributed by atoms with E-state index in [1.807, 2.05) is 18.7 Å². The Bertz CT molecular complexity index is 478. The van der Waals surface area contributed by atoms with Crippen LogP contribution in [0.1, 0.15) is 64.6 Å². The van der Waals surface area contributed by atoms with E-state index in [1.165, 1.54) is 43.9 Å². The van der Waals surface area contributed by atoms with Gasteiger partial charge < -0.3 is 9.47 Å². The van der Waals surface area contributed by atoms with Crippen molar-refractivity contribution in [2.45, 2.75) is 70.5 Å². The van der Waals surface area contributed by atoms with E-state index in [-0.39, 0.29) is 5.91 Å². The highest BCUT2D eigenvalue weighted by Crippen LogP contribution is 2.33. The topological polar surface area (TPSA) is 51.0 Å². The van der Waals surface area contributed by atoms with Crippen LogP contribution in [0, 0.1) is 0 Å². The predicted octanol–water partition coefficient (Wildman–Crippen LogP) is 3.31. The highest BCUT2D eigenvalue weighted by molar-refractivity contribution is 7.99. The van der Waals surface area contributed by atoms with Gasteiger partial charge in [0.05, 0.1) is 5.75 Å². The Morgan fingerprint density at radius 2 is 1.86 bits per heavy atom. The first-order valence-corrected chi connectivity index (χ1v) is 9.53. The van der Waals surface area contributed by atoms with Crippen LogP contribution in [0.25, 0.3) is 0 Å². The first kappa shape index (κ1) is 17.3. The first-order valence-electron chi connectivity index (χ1n) is 8.54. The third-order valence-corrected chi connectivity index (χ3v) is 5.42. The number of amides is 1. The molecule has 1 amide bonds. The van der Waals surface area contributed by atoms with Crippen molar-refractivity contribution in [3.63, 3.8) is 0 Å². The summed E-state index contributed by atoms with van der Waals surface area (Å²) < 4.78 is 2.20. The smallest absolute Gasteiger partial charge is 0.233 e. The third kappa shape index (κ3) is 4.03. The van der Waals surface area contributed by atoms with Crippen molar-refractivity contribution in [1.82, 2.24) is 19.7 Å². The lowest BCUT2D eigenvalue weighted by Crippen LogP contribution is -2.31. The van der Waals surface area contributed by atoms with E-state index in [1.54, 1.807) is 0 Å². The molecule has 1 fully saturated rings. The summed E-state index contributed by atoms with van der Waals surface area (Å²) in [5, 5.41) is 9.68. The van der Waals surface area contributed by atoms with Gasteiger partial charge in [-0.15, -0.1) is 10.2 Å². The van der Waals surface area contributed by atoms with Crippen LogP contribution < -0.4 is 0 Å². The molecule has 0 radical (unpaired) electrons. The second-order valence-electron chi connectivity index (χ2n) is 5.77. The summed E-state index contributed by atoms with van der Waals surface area (Å²) in [5.41, 5.74) is 0.